The zero-order valence-electron chi connectivity index (χ0n) is 18.1. The third-order valence-electron chi connectivity index (χ3n) is 6.22. The Morgan fingerprint density at radius 1 is 1.13 bits per heavy atom. The van der Waals surface area contributed by atoms with Crippen molar-refractivity contribution < 1.29 is 19.0 Å². The lowest BCUT2D eigenvalue weighted by Crippen LogP contribution is -2.39. The molecule has 0 amide bonds. The van der Waals surface area contributed by atoms with Gasteiger partial charge in [0.15, 0.2) is 5.76 Å². The summed E-state index contributed by atoms with van der Waals surface area (Å²) in [6.07, 6.45) is 2.96. The van der Waals surface area contributed by atoms with Gasteiger partial charge in [0.2, 0.25) is 5.78 Å². The van der Waals surface area contributed by atoms with Crippen LogP contribution in [0, 0.1) is 13.8 Å². The predicted molar refractivity (Wildman–Crippen MR) is 121 cm³/mol. The highest BCUT2D eigenvalue weighted by Gasteiger charge is 2.33. The van der Waals surface area contributed by atoms with Crippen LogP contribution in [0.5, 0.6) is 11.5 Å². The summed E-state index contributed by atoms with van der Waals surface area (Å²) in [5.74, 6) is 1.86. The largest absolute Gasteiger partial charge is 0.477 e. The minimum Gasteiger partial charge on any atom is -0.477 e. The highest BCUT2D eigenvalue weighted by Crippen LogP contribution is 2.43. The number of morpholine rings is 1. The van der Waals surface area contributed by atoms with E-state index in [1.807, 2.05) is 31.4 Å². The molecule has 1 fully saturated rings. The number of ether oxygens (including phenoxy) is 3. The van der Waals surface area contributed by atoms with Crippen molar-refractivity contribution in [3.63, 3.8) is 0 Å². The quantitative estimate of drug-likeness (QED) is 0.659. The maximum absolute atomic E-state index is 13.0. The SMILES string of the molecule is Cc1ccsc1/C=C1\Oc2c(cc3c(c2C)OCN(CCCN2CCOCC2)C3)C1=O. The second-order valence-electron chi connectivity index (χ2n) is 8.41. The average molecular weight is 441 g/mol. The monoisotopic (exact) mass is 440 g/mol. The Hall–Kier alpha value is -2.19. The third kappa shape index (κ3) is 4.15. The number of aryl methyl sites for hydroxylation is 1. The Bertz CT molecular complexity index is 1020. The van der Waals surface area contributed by atoms with Gasteiger partial charge in [0, 0.05) is 48.3 Å². The van der Waals surface area contributed by atoms with Crippen LogP contribution in [-0.2, 0) is 11.3 Å². The summed E-state index contributed by atoms with van der Waals surface area (Å²) in [5.41, 5.74) is 3.78. The van der Waals surface area contributed by atoms with E-state index in [0.717, 1.165) is 79.7 Å². The molecule has 1 aromatic carbocycles. The predicted octanol–water partition coefficient (Wildman–Crippen LogP) is 3.86. The van der Waals surface area contributed by atoms with Crippen LogP contribution in [0.25, 0.3) is 6.08 Å². The molecule has 0 N–H and O–H groups in total. The molecule has 3 aliphatic heterocycles. The van der Waals surface area contributed by atoms with E-state index in [1.165, 1.54) is 0 Å². The summed E-state index contributed by atoms with van der Waals surface area (Å²) >= 11 is 1.61. The van der Waals surface area contributed by atoms with Gasteiger partial charge in [-0.05, 0) is 49.9 Å². The number of Topliss-reactive ketones (excluding diaryl/α,β-unsaturated/α-hetero) is 1. The molecule has 5 rings (SSSR count). The molecule has 6 nitrogen and oxygen atoms in total. The molecule has 164 valence electrons. The zero-order valence-corrected chi connectivity index (χ0v) is 18.9. The van der Waals surface area contributed by atoms with Crippen molar-refractivity contribution in [1.29, 1.82) is 0 Å². The number of benzene rings is 1. The van der Waals surface area contributed by atoms with Gasteiger partial charge in [0.25, 0.3) is 0 Å². The van der Waals surface area contributed by atoms with Crippen LogP contribution < -0.4 is 9.47 Å². The van der Waals surface area contributed by atoms with Crippen molar-refractivity contribution in [2.45, 2.75) is 26.8 Å². The summed E-state index contributed by atoms with van der Waals surface area (Å²) in [6, 6.07) is 4.02. The van der Waals surface area contributed by atoms with Crippen molar-refractivity contribution in [3.05, 3.63) is 50.4 Å². The van der Waals surface area contributed by atoms with E-state index >= 15 is 0 Å². The van der Waals surface area contributed by atoms with Gasteiger partial charge in [-0.15, -0.1) is 11.3 Å². The van der Waals surface area contributed by atoms with Crippen LogP contribution >= 0.6 is 11.3 Å². The number of hydrogen-bond acceptors (Lipinski definition) is 7. The molecule has 0 radical (unpaired) electrons. The Labute approximate surface area is 187 Å². The number of rotatable bonds is 5. The summed E-state index contributed by atoms with van der Waals surface area (Å²) < 4.78 is 17.5. The number of carbonyl (C=O) groups excluding carboxylic acids is 1. The number of nitrogens with zero attached hydrogens (tertiary/aromatic N) is 2. The summed E-state index contributed by atoms with van der Waals surface area (Å²) in [7, 11) is 0. The van der Waals surface area contributed by atoms with Crippen LogP contribution in [0.2, 0.25) is 0 Å². The molecule has 0 saturated carbocycles. The van der Waals surface area contributed by atoms with E-state index in [2.05, 4.69) is 15.9 Å². The van der Waals surface area contributed by atoms with Crippen molar-refractivity contribution in [2.24, 2.45) is 0 Å². The third-order valence-corrected chi connectivity index (χ3v) is 7.18. The molecule has 0 bridgehead atoms. The number of hydrogen-bond donors (Lipinski definition) is 0. The maximum Gasteiger partial charge on any atom is 0.232 e. The van der Waals surface area contributed by atoms with Gasteiger partial charge in [0.1, 0.15) is 18.2 Å². The minimum absolute atomic E-state index is 0.0434. The van der Waals surface area contributed by atoms with Gasteiger partial charge in [-0.1, -0.05) is 0 Å². The standard InChI is InChI=1S/C24H28N2O4S/c1-16-4-11-31-21(16)13-20-22(27)19-12-18-14-26(6-3-5-25-7-9-28-10-8-25)15-29-23(18)17(2)24(19)30-20/h4,11-13H,3,5-10,14-15H2,1-2H3/b20-13-. The van der Waals surface area contributed by atoms with Crippen molar-refractivity contribution in [1.82, 2.24) is 9.80 Å². The first-order valence-corrected chi connectivity index (χ1v) is 11.8. The molecule has 2 aromatic rings. The van der Waals surface area contributed by atoms with E-state index in [1.54, 1.807) is 11.3 Å². The smallest absolute Gasteiger partial charge is 0.232 e. The van der Waals surface area contributed by atoms with E-state index < -0.39 is 0 Å². The minimum atomic E-state index is -0.0434. The van der Waals surface area contributed by atoms with Crippen LogP contribution in [0.15, 0.2) is 23.3 Å². The second kappa shape index (κ2) is 8.74. The van der Waals surface area contributed by atoms with Crippen LogP contribution in [0.1, 0.15) is 38.3 Å². The van der Waals surface area contributed by atoms with Gasteiger partial charge in [0.05, 0.1) is 18.8 Å². The lowest BCUT2D eigenvalue weighted by Gasteiger charge is -2.31. The van der Waals surface area contributed by atoms with Crippen LogP contribution in [0.3, 0.4) is 0 Å². The second-order valence-corrected chi connectivity index (χ2v) is 9.36. The molecule has 1 aromatic heterocycles. The van der Waals surface area contributed by atoms with Crippen molar-refractivity contribution in [3.8, 4) is 11.5 Å². The molecule has 0 atom stereocenters. The van der Waals surface area contributed by atoms with Gasteiger partial charge in [-0.3, -0.25) is 14.6 Å². The molecule has 0 aliphatic carbocycles. The van der Waals surface area contributed by atoms with E-state index in [9.17, 15) is 4.79 Å². The van der Waals surface area contributed by atoms with E-state index in [4.69, 9.17) is 14.2 Å². The summed E-state index contributed by atoms with van der Waals surface area (Å²) in [6.45, 7) is 11.2. The summed E-state index contributed by atoms with van der Waals surface area (Å²) in [4.78, 5) is 18.9. The topological polar surface area (TPSA) is 51.2 Å². The van der Waals surface area contributed by atoms with E-state index in [-0.39, 0.29) is 5.78 Å². The van der Waals surface area contributed by atoms with Gasteiger partial charge >= 0.3 is 0 Å². The van der Waals surface area contributed by atoms with E-state index in [0.29, 0.717) is 23.8 Å². The molecule has 3 aliphatic rings. The molecule has 0 spiro atoms. The first kappa shape index (κ1) is 20.7. The lowest BCUT2D eigenvalue weighted by molar-refractivity contribution is 0.0329. The zero-order chi connectivity index (χ0) is 21.4. The number of fused-ring (bicyclic) bond motifs is 2. The molecular formula is C24H28N2O4S. The number of allylic oxidation sites excluding steroid dienone is 1. The molecule has 0 unspecified atom stereocenters. The fraction of sp³-hybridized carbons (Fsp3) is 0.458. The maximum atomic E-state index is 13.0. The molecule has 31 heavy (non-hydrogen) atoms. The van der Waals surface area contributed by atoms with Crippen molar-refractivity contribution in [2.75, 3.05) is 46.1 Å². The Morgan fingerprint density at radius 3 is 2.71 bits per heavy atom. The van der Waals surface area contributed by atoms with Gasteiger partial charge < -0.3 is 14.2 Å². The number of ketones is 1. The first-order chi connectivity index (χ1) is 15.1. The Kier molecular flexibility index (Phi) is 5.84. The first-order valence-electron chi connectivity index (χ1n) is 10.9. The Morgan fingerprint density at radius 2 is 1.94 bits per heavy atom. The highest BCUT2D eigenvalue weighted by atomic mass is 32.1. The van der Waals surface area contributed by atoms with Crippen molar-refractivity contribution >= 4 is 23.2 Å². The molecule has 7 heteroatoms. The number of thiophene rings is 1. The number of carbonyl (C=O) groups is 1. The molecular weight excluding hydrogens is 412 g/mol. The van der Waals surface area contributed by atoms with Gasteiger partial charge in [-0.2, -0.15) is 0 Å². The molecule has 4 heterocycles. The van der Waals surface area contributed by atoms with Gasteiger partial charge in [-0.25, -0.2) is 0 Å². The van der Waals surface area contributed by atoms with Crippen LogP contribution in [0.4, 0.5) is 0 Å². The fourth-order valence-electron chi connectivity index (χ4n) is 4.43. The Balaban J connectivity index is 1.29. The van der Waals surface area contributed by atoms with Crippen LogP contribution in [-0.4, -0.2) is 61.7 Å². The molecule has 1 saturated heterocycles. The average Bonchev–Trinajstić information content (AvgIpc) is 3.33. The fourth-order valence-corrected chi connectivity index (χ4v) is 5.28. The normalized spacial score (nSPS) is 20.5. The highest BCUT2D eigenvalue weighted by molar-refractivity contribution is 7.11. The lowest BCUT2D eigenvalue weighted by atomic mass is 10.00. The summed E-state index contributed by atoms with van der Waals surface area (Å²) in [5, 5.41) is 2.03.